The Labute approximate surface area is 81.9 Å². The first-order chi connectivity index (χ1) is 6.86. The van der Waals surface area contributed by atoms with Crippen LogP contribution in [-0.4, -0.2) is 15.0 Å². The molecule has 0 aliphatic rings. The summed E-state index contributed by atoms with van der Waals surface area (Å²) in [7, 11) is 0. The number of hydrogen-bond donors (Lipinski definition) is 1. The van der Waals surface area contributed by atoms with Crippen LogP contribution in [0, 0.1) is 0 Å². The van der Waals surface area contributed by atoms with E-state index in [4.69, 9.17) is 5.73 Å². The van der Waals surface area contributed by atoms with Crippen molar-refractivity contribution in [2.24, 2.45) is 0 Å². The van der Waals surface area contributed by atoms with Crippen molar-refractivity contribution in [2.45, 2.75) is 6.42 Å². The molecule has 2 rings (SSSR count). The van der Waals surface area contributed by atoms with Crippen molar-refractivity contribution >= 4 is 5.69 Å². The van der Waals surface area contributed by atoms with E-state index in [0.717, 1.165) is 23.2 Å². The van der Waals surface area contributed by atoms with E-state index in [0.29, 0.717) is 0 Å². The topological polar surface area (TPSA) is 64.7 Å². The molecule has 0 saturated heterocycles. The standard InChI is InChI=1S/C10H10N4/c11-10-1-2-12-6-9(10)3-8-4-13-7-14-5-8/h1-2,4-7H,3H2,(H2,11,12). The minimum Gasteiger partial charge on any atom is -0.398 e. The third-order valence-corrected chi connectivity index (χ3v) is 1.95. The molecule has 0 bridgehead atoms. The molecular formula is C10H10N4. The smallest absolute Gasteiger partial charge is 0.115 e. The van der Waals surface area contributed by atoms with E-state index in [-0.39, 0.29) is 0 Å². The molecule has 0 fully saturated rings. The molecule has 2 heterocycles. The molecule has 0 aliphatic heterocycles. The van der Waals surface area contributed by atoms with Gasteiger partial charge in [-0.2, -0.15) is 0 Å². The Morgan fingerprint density at radius 1 is 1.07 bits per heavy atom. The van der Waals surface area contributed by atoms with Crippen LogP contribution in [0.2, 0.25) is 0 Å². The number of anilines is 1. The molecule has 0 saturated carbocycles. The van der Waals surface area contributed by atoms with Crippen LogP contribution in [0.15, 0.2) is 37.2 Å². The highest BCUT2D eigenvalue weighted by Crippen LogP contribution is 2.12. The first-order valence-electron chi connectivity index (χ1n) is 4.28. The summed E-state index contributed by atoms with van der Waals surface area (Å²) >= 11 is 0. The van der Waals surface area contributed by atoms with Gasteiger partial charge in [0.1, 0.15) is 6.33 Å². The maximum absolute atomic E-state index is 5.79. The fourth-order valence-electron chi connectivity index (χ4n) is 1.23. The minimum atomic E-state index is 0.723. The first kappa shape index (κ1) is 8.62. The lowest BCUT2D eigenvalue weighted by molar-refractivity contribution is 1.06. The Balaban J connectivity index is 2.24. The molecule has 0 atom stereocenters. The Kier molecular flexibility index (Phi) is 2.36. The second-order valence-electron chi connectivity index (χ2n) is 3.00. The van der Waals surface area contributed by atoms with Gasteiger partial charge in [0, 0.05) is 36.9 Å². The van der Waals surface area contributed by atoms with E-state index in [1.807, 2.05) is 0 Å². The number of aromatic nitrogens is 3. The van der Waals surface area contributed by atoms with Gasteiger partial charge in [0.05, 0.1) is 0 Å². The summed E-state index contributed by atoms with van der Waals surface area (Å²) in [5.41, 5.74) is 8.58. The Bertz CT molecular complexity index is 413. The largest absolute Gasteiger partial charge is 0.398 e. The molecule has 0 amide bonds. The van der Waals surface area contributed by atoms with Crippen molar-refractivity contribution in [3.05, 3.63) is 48.3 Å². The molecule has 14 heavy (non-hydrogen) atoms. The van der Waals surface area contributed by atoms with Crippen molar-refractivity contribution in [1.82, 2.24) is 15.0 Å². The van der Waals surface area contributed by atoms with Gasteiger partial charge in [-0.15, -0.1) is 0 Å². The molecule has 2 aromatic rings. The average molecular weight is 186 g/mol. The van der Waals surface area contributed by atoms with Crippen LogP contribution < -0.4 is 5.73 Å². The Morgan fingerprint density at radius 2 is 1.86 bits per heavy atom. The molecule has 4 heteroatoms. The predicted molar refractivity (Wildman–Crippen MR) is 53.5 cm³/mol. The summed E-state index contributed by atoms with van der Waals surface area (Å²) in [6, 6.07) is 1.79. The average Bonchev–Trinajstić information content (AvgIpc) is 2.23. The van der Waals surface area contributed by atoms with Crippen LogP contribution in [0.4, 0.5) is 5.69 Å². The van der Waals surface area contributed by atoms with E-state index in [9.17, 15) is 0 Å². The summed E-state index contributed by atoms with van der Waals surface area (Å²) in [5, 5.41) is 0. The zero-order valence-electron chi connectivity index (χ0n) is 7.59. The molecule has 2 N–H and O–H groups in total. The summed E-state index contributed by atoms with van der Waals surface area (Å²) in [4.78, 5) is 11.9. The van der Waals surface area contributed by atoms with Gasteiger partial charge < -0.3 is 5.73 Å². The quantitative estimate of drug-likeness (QED) is 0.761. The Hall–Kier alpha value is -1.97. The number of nitrogen functional groups attached to an aromatic ring is 1. The van der Waals surface area contributed by atoms with Crippen LogP contribution in [0.1, 0.15) is 11.1 Å². The van der Waals surface area contributed by atoms with Gasteiger partial charge >= 0.3 is 0 Å². The maximum Gasteiger partial charge on any atom is 0.115 e. The van der Waals surface area contributed by atoms with Gasteiger partial charge in [-0.3, -0.25) is 4.98 Å². The van der Waals surface area contributed by atoms with Gasteiger partial charge in [0.25, 0.3) is 0 Å². The van der Waals surface area contributed by atoms with E-state index < -0.39 is 0 Å². The van der Waals surface area contributed by atoms with Crippen molar-refractivity contribution in [2.75, 3.05) is 5.73 Å². The summed E-state index contributed by atoms with van der Waals surface area (Å²) in [5.74, 6) is 0. The normalized spacial score (nSPS) is 10.0. The lowest BCUT2D eigenvalue weighted by Gasteiger charge is -2.03. The third kappa shape index (κ3) is 1.85. The van der Waals surface area contributed by atoms with Crippen LogP contribution in [-0.2, 0) is 6.42 Å². The predicted octanol–water partition coefficient (Wildman–Crippen LogP) is 1.04. The second kappa shape index (κ2) is 3.83. The third-order valence-electron chi connectivity index (χ3n) is 1.95. The van der Waals surface area contributed by atoms with Crippen molar-refractivity contribution < 1.29 is 0 Å². The van der Waals surface area contributed by atoms with Crippen LogP contribution >= 0.6 is 0 Å². The summed E-state index contributed by atoms with van der Waals surface area (Å²) in [6.45, 7) is 0. The molecular weight excluding hydrogens is 176 g/mol. The zero-order valence-corrected chi connectivity index (χ0v) is 7.59. The summed E-state index contributed by atoms with van der Waals surface area (Å²) in [6.07, 6.45) is 9.23. The van der Waals surface area contributed by atoms with Crippen molar-refractivity contribution in [3.63, 3.8) is 0 Å². The van der Waals surface area contributed by atoms with Gasteiger partial charge in [-0.05, 0) is 17.2 Å². The molecule has 4 nitrogen and oxygen atoms in total. The SMILES string of the molecule is Nc1ccncc1Cc1cncnc1. The van der Waals surface area contributed by atoms with E-state index >= 15 is 0 Å². The van der Waals surface area contributed by atoms with Gasteiger partial charge in [-0.1, -0.05) is 0 Å². The number of nitrogens with two attached hydrogens (primary N) is 1. The van der Waals surface area contributed by atoms with Crippen LogP contribution in [0.5, 0.6) is 0 Å². The summed E-state index contributed by atoms with van der Waals surface area (Å²) < 4.78 is 0. The molecule has 0 aliphatic carbocycles. The lowest BCUT2D eigenvalue weighted by Crippen LogP contribution is -1.97. The number of rotatable bonds is 2. The Morgan fingerprint density at radius 3 is 2.57 bits per heavy atom. The molecule has 0 spiro atoms. The monoisotopic (exact) mass is 186 g/mol. The van der Waals surface area contributed by atoms with Crippen LogP contribution in [0.25, 0.3) is 0 Å². The van der Waals surface area contributed by atoms with Crippen molar-refractivity contribution in [3.8, 4) is 0 Å². The second-order valence-corrected chi connectivity index (χ2v) is 3.00. The fourth-order valence-corrected chi connectivity index (χ4v) is 1.23. The minimum absolute atomic E-state index is 0.723. The molecule has 0 unspecified atom stereocenters. The zero-order chi connectivity index (χ0) is 9.80. The van der Waals surface area contributed by atoms with Crippen LogP contribution in [0.3, 0.4) is 0 Å². The molecule has 0 radical (unpaired) electrons. The van der Waals surface area contributed by atoms with Crippen molar-refractivity contribution in [1.29, 1.82) is 0 Å². The highest BCUT2D eigenvalue weighted by molar-refractivity contribution is 5.46. The number of pyridine rings is 1. The highest BCUT2D eigenvalue weighted by Gasteiger charge is 2.00. The fraction of sp³-hybridized carbons (Fsp3) is 0.100. The number of hydrogen-bond acceptors (Lipinski definition) is 4. The first-order valence-corrected chi connectivity index (χ1v) is 4.28. The molecule has 70 valence electrons. The van der Waals surface area contributed by atoms with E-state index in [1.54, 1.807) is 30.9 Å². The van der Waals surface area contributed by atoms with Gasteiger partial charge in [0.15, 0.2) is 0 Å². The van der Waals surface area contributed by atoms with Gasteiger partial charge in [-0.25, -0.2) is 9.97 Å². The number of nitrogens with zero attached hydrogens (tertiary/aromatic N) is 3. The maximum atomic E-state index is 5.79. The van der Waals surface area contributed by atoms with E-state index in [2.05, 4.69) is 15.0 Å². The molecule has 0 aromatic carbocycles. The van der Waals surface area contributed by atoms with E-state index in [1.165, 1.54) is 6.33 Å². The highest BCUT2D eigenvalue weighted by atomic mass is 14.8. The molecule has 2 aromatic heterocycles. The van der Waals surface area contributed by atoms with Gasteiger partial charge in [0.2, 0.25) is 0 Å². The lowest BCUT2D eigenvalue weighted by atomic mass is 10.1.